The number of halogens is 1. The Balaban J connectivity index is 1.37. The molecule has 0 aliphatic carbocycles. The summed E-state index contributed by atoms with van der Waals surface area (Å²) in [5.41, 5.74) is 2.84. The lowest BCUT2D eigenvalue weighted by atomic mass is 10.2. The number of thiophene rings is 1. The number of amides is 1. The van der Waals surface area contributed by atoms with Gasteiger partial charge in [-0.1, -0.05) is 29.8 Å². The van der Waals surface area contributed by atoms with Crippen LogP contribution >= 0.6 is 22.9 Å². The molecule has 0 fully saturated rings. The van der Waals surface area contributed by atoms with Crippen LogP contribution in [-0.2, 0) is 4.79 Å². The van der Waals surface area contributed by atoms with Crippen LogP contribution in [0.1, 0.15) is 22.2 Å². The van der Waals surface area contributed by atoms with Crippen molar-refractivity contribution in [3.05, 3.63) is 92.3 Å². The highest BCUT2D eigenvalue weighted by Gasteiger charge is 2.20. The summed E-state index contributed by atoms with van der Waals surface area (Å²) in [4.78, 5) is 35.6. The fraction of sp³-hybridized carbons (Fsp3) is 0.115. The molecular formula is C26H20ClN3O7S. The van der Waals surface area contributed by atoms with Gasteiger partial charge in [-0.15, -0.1) is 11.3 Å². The van der Waals surface area contributed by atoms with Crippen LogP contribution in [0.4, 0.5) is 5.69 Å². The maximum Gasteiger partial charge on any atom is 0.355 e. The van der Waals surface area contributed by atoms with Gasteiger partial charge in [0.05, 0.1) is 23.3 Å². The van der Waals surface area contributed by atoms with E-state index >= 15 is 0 Å². The minimum atomic E-state index is -0.911. The van der Waals surface area contributed by atoms with E-state index in [1.54, 1.807) is 18.2 Å². The van der Waals surface area contributed by atoms with E-state index in [1.807, 2.05) is 24.3 Å². The van der Waals surface area contributed by atoms with Crippen molar-refractivity contribution < 1.29 is 28.7 Å². The van der Waals surface area contributed by atoms with Crippen molar-refractivity contribution in [2.45, 2.75) is 13.0 Å². The van der Waals surface area contributed by atoms with Gasteiger partial charge in [0.15, 0.2) is 17.6 Å². The zero-order valence-electron chi connectivity index (χ0n) is 20.0. The van der Waals surface area contributed by atoms with Crippen molar-refractivity contribution in [3.8, 4) is 17.2 Å². The van der Waals surface area contributed by atoms with Crippen molar-refractivity contribution in [2.75, 3.05) is 7.11 Å². The molecule has 0 saturated carbocycles. The van der Waals surface area contributed by atoms with Gasteiger partial charge in [-0.05, 0) is 48.9 Å². The van der Waals surface area contributed by atoms with Gasteiger partial charge in [-0.3, -0.25) is 14.9 Å². The molecule has 3 aromatic carbocycles. The Kier molecular flexibility index (Phi) is 8.19. The molecule has 10 nitrogen and oxygen atoms in total. The number of nitrogens with one attached hydrogen (secondary N) is 1. The first-order valence-electron chi connectivity index (χ1n) is 11.1. The predicted molar refractivity (Wildman–Crippen MR) is 144 cm³/mol. The number of nitrogens with zero attached hydrogens (tertiary/aromatic N) is 2. The number of non-ortho nitro benzene ring substituents is 1. The Labute approximate surface area is 225 Å². The summed E-state index contributed by atoms with van der Waals surface area (Å²) in [6.45, 7) is 1.52. The highest BCUT2D eigenvalue weighted by Crippen LogP contribution is 2.37. The number of fused-ring (bicyclic) bond motifs is 1. The van der Waals surface area contributed by atoms with Gasteiger partial charge in [0, 0.05) is 22.2 Å². The number of nitro groups is 1. The summed E-state index contributed by atoms with van der Waals surface area (Å²) < 4.78 is 17.2. The molecule has 0 radical (unpaired) electrons. The van der Waals surface area contributed by atoms with Crippen molar-refractivity contribution in [2.24, 2.45) is 5.10 Å². The number of nitro benzene ring substituents is 1. The minimum absolute atomic E-state index is 0.0841. The summed E-state index contributed by atoms with van der Waals surface area (Å²) in [5.74, 6) is -0.366. The van der Waals surface area contributed by atoms with Crippen molar-refractivity contribution in [1.82, 2.24) is 5.43 Å². The average Bonchev–Trinajstić information content (AvgIpc) is 3.26. The molecule has 0 saturated heterocycles. The second-order valence-corrected chi connectivity index (χ2v) is 9.22. The van der Waals surface area contributed by atoms with Crippen LogP contribution in [-0.4, -0.2) is 36.2 Å². The maximum absolute atomic E-state index is 12.8. The Morgan fingerprint density at radius 1 is 1.11 bits per heavy atom. The third-order valence-corrected chi connectivity index (χ3v) is 6.88. The largest absolute Gasteiger partial charge is 0.493 e. The molecule has 0 aliphatic heterocycles. The van der Waals surface area contributed by atoms with Crippen molar-refractivity contribution in [1.29, 1.82) is 0 Å². The molecule has 0 bridgehead atoms. The SMILES string of the molecule is COc1cc(/C=N/NC(=O)C(C)Oc2ccc([N+](=O)[O-])cc2)ccc1OC(=O)c1sc2ccccc2c1Cl. The number of carbonyl (C=O) groups excluding carboxylic acids is 2. The number of carbonyl (C=O) groups is 2. The zero-order chi connectivity index (χ0) is 27.2. The van der Waals surface area contributed by atoms with Crippen molar-refractivity contribution in [3.63, 3.8) is 0 Å². The minimum Gasteiger partial charge on any atom is -0.493 e. The summed E-state index contributed by atoms with van der Waals surface area (Å²) in [6.07, 6.45) is 0.471. The molecule has 0 spiro atoms. The number of hydrogen-bond donors (Lipinski definition) is 1. The average molecular weight is 554 g/mol. The topological polar surface area (TPSA) is 129 Å². The van der Waals surface area contributed by atoms with E-state index < -0.39 is 22.9 Å². The fourth-order valence-corrected chi connectivity index (χ4v) is 4.69. The number of esters is 1. The quantitative estimate of drug-likeness (QED) is 0.0937. The molecule has 0 aliphatic rings. The van der Waals surface area contributed by atoms with E-state index in [0.29, 0.717) is 16.3 Å². The number of ether oxygens (including phenoxy) is 3. The van der Waals surface area contributed by atoms with Gasteiger partial charge in [0.25, 0.3) is 11.6 Å². The van der Waals surface area contributed by atoms with Gasteiger partial charge in [-0.2, -0.15) is 5.10 Å². The third kappa shape index (κ3) is 6.07. The molecule has 1 aromatic heterocycles. The molecule has 1 heterocycles. The van der Waals surface area contributed by atoms with Crippen LogP contribution < -0.4 is 19.6 Å². The van der Waals surface area contributed by atoms with Gasteiger partial charge >= 0.3 is 5.97 Å². The molecular weight excluding hydrogens is 534 g/mol. The van der Waals surface area contributed by atoms with Crippen LogP contribution in [0.25, 0.3) is 10.1 Å². The monoisotopic (exact) mass is 553 g/mol. The molecule has 1 N–H and O–H groups in total. The zero-order valence-corrected chi connectivity index (χ0v) is 21.6. The van der Waals surface area contributed by atoms with Gasteiger partial charge in [0.1, 0.15) is 10.6 Å². The number of methoxy groups -OCH3 is 1. The summed E-state index contributed by atoms with van der Waals surface area (Å²) in [6, 6.07) is 17.5. The molecule has 4 rings (SSSR count). The second-order valence-electron chi connectivity index (χ2n) is 7.79. The molecule has 12 heteroatoms. The molecule has 1 amide bonds. The lowest BCUT2D eigenvalue weighted by Gasteiger charge is -2.12. The van der Waals surface area contributed by atoms with Crippen LogP contribution in [0.3, 0.4) is 0 Å². The molecule has 194 valence electrons. The molecule has 1 unspecified atom stereocenters. The summed E-state index contributed by atoms with van der Waals surface area (Å²) in [7, 11) is 1.43. The van der Waals surface area contributed by atoms with Crippen LogP contribution in [0, 0.1) is 10.1 Å². The predicted octanol–water partition coefficient (Wildman–Crippen LogP) is 5.61. The van der Waals surface area contributed by atoms with Crippen LogP contribution in [0.15, 0.2) is 71.8 Å². The summed E-state index contributed by atoms with van der Waals surface area (Å²) >= 11 is 7.62. The molecule has 38 heavy (non-hydrogen) atoms. The number of hydrazone groups is 1. The van der Waals surface area contributed by atoms with Crippen LogP contribution in [0.2, 0.25) is 5.02 Å². The van der Waals surface area contributed by atoms with E-state index in [0.717, 1.165) is 10.1 Å². The summed E-state index contributed by atoms with van der Waals surface area (Å²) in [5, 5.41) is 15.8. The normalized spacial score (nSPS) is 11.8. The first kappa shape index (κ1) is 26.6. The molecule has 4 aromatic rings. The van der Waals surface area contributed by atoms with Gasteiger partial charge < -0.3 is 14.2 Å². The Morgan fingerprint density at radius 2 is 1.84 bits per heavy atom. The smallest absolute Gasteiger partial charge is 0.355 e. The van der Waals surface area contributed by atoms with Crippen molar-refractivity contribution >= 4 is 56.8 Å². The van der Waals surface area contributed by atoms with E-state index in [9.17, 15) is 19.7 Å². The Bertz CT molecular complexity index is 1540. The van der Waals surface area contributed by atoms with E-state index in [-0.39, 0.29) is 22.1 Å². The number of rotatable bonds is 9. The number of benzene rings is 3. The first-order valence-corrected chi connectivity index (χ1v) is 12.3. The lowest BCUT2D eigenvalue weighted by molar-refractivity contribution is -0.384. The third-order valence-electron chi connectivity index (χ3n) is 5.23. The Morgan fingerprint density at radius 3 is 2.53 bits per heavy atom. The van der Waals surface area contributed by atoms with E-state index in [1.165, 1.54) is 55.9 Å². The highest BCUT2D eigenvalue weighted by atomic mass is 35.5. The Hall–Kier alpha value is -4.48. The van der Waals surface area contributed by atoms with Crippen LogP contribution in [0.5, 0.6) is 17.2 Å². The lowest BCUT2D eigenvalue weighted by Crippen LogP contribution is -2.33. The maximum atomic E-state index is 12.8. The first-order chi connectivity index (χ1) is 18.3. The molecule has 1 atom stereocenters. The highest BCUT2D eigenvalue weighted by molar-refractivity contribution is 7.21. The fourth-order valence-electron chi connectivity index (χ4n) is 3.31. The van der Waals surface area contributed by atoms with E-state index in [4.69, 9.17) is 25.8 Å². The number of hydrogen-bond acceptors (Lipinski definition) is 9. The second kappa shape index (κ2) is 11.7. The standard InChI is InChI=1S/C26H20ClN3O7S/c1-15(36-18-10-8-17(9-11-18)30(33)34)25(31)29-28-14-16-7-12-20(21(13-16)35-2)37-26(32)24-23(27)19-5-3-4-6-22(19)38-24/h3-15H,1-2H3,(H,29,31)/b28-14+. The van der Waals surface area contributed by atoms with Gasteiger partial charge in [-0.25, -0.2) is 10.2 Å². The van der Waals surface area contributed by atoms with E-state index in [2.05, 4.69) is 10.5 Å². The van der Waals surface area contributed by atoms with Gasteiger partial charge in [0.2, 0.25) is 0 Å².